The van der Waals surface area contributed by atoms with Gasteiger partial charge in [-0.05, 0) is 180 Å². The highest BCUT2D eigenvalue weighted by atomic mass is 33.1. The standard InChI is InChI=1S/C50H89N3O5S2/c1-34(2)17-16-18-35(3)39-21-22-40-38-20-19-36-33-37(23-26-49(36,14)41(38)24-27-50(39,40)15)60-59-32-25-42(54)53(30-28-47(10,11)51-43(55)57-45(4,5)6)31-29-48(12,13)52-44(56)58-46(7,8)9/h19,34-35,37-41H,16-18,20-33H2,1-15H3,(H,51,55)(H,52,56)/t35-,37+,38+,39-,40+,41+,49+,50-/m1/s1. The molecular formula is C50H89N3O5S2. The molecule has 0 bridgehead atoms. The summed E-state index contributed by atoms with van der Waals surface area (Å²) in [5, 5.41) is 6.58. The first kappa shape index (κ1) is 51.1. The monoisotopic (exact) mass is 876 g/mol. The zero-order valence-electron chi connectivity index (χ0n) is 40.9. The normalized spacial score (nSPS) is 28.8. The summed E-state index contributed by atoms with van der Waals surface area (Å²) in [6, 6.07) is 0. The van der Waals surface area contributed by atoms with Crippen LogP contribution in [-0.4, -0.2) is 69.4 Å². The van der Waals surface area contributed by atoms with Crippen LogP contribution in [0.5, 0.6) is 0 Å². The molecule has 0 aromatic carbocycles. The number of ether oxygens (including phenoxy) is 2. The van der Waals surface area contributed by atoms with Crippen molar-refractivity contribution < 1.29 is 23.9 Å². The van der Waals surface area contributed by atoms with Crippen molar-refractivity contribution in [3.8, 4) is 0 Å². The second-order valence-corrected chi connectivity index (χ2v) is 26.5. The van der Waals surface area contributed by atoms with E-state index in [1.54, 1.807) is 5.57 Å². The summed E-state index contributed by atoms with van der Waals surface area (Å²) in [4.78, 5) is 41.1. The number of carbonyl (C=O) groups excluding carboxylic acids is 3. The Hall–Kier alpha value is -1.55. The van der Waals surface area contributed by atoms with Crippen LogP contribution in [0.3, 0.4) is 0 Å². The lowest BCUT2D eigenvalue weighted by atomic mass is 9.47. The molecule has 2 N–H and O–H groups in total. The summed E-state index contributed by atoms with van der Waals surface area (Å²) in [5.41, 5.74) is 0.254. The average molecular weight is 876 g/mol. The molecule has 0 aliphatic heterocycles. The number of hydrogen-bond donors (Lipinski definition) is 2. The van der Waals surface area contributed by atoms with Crippen molar-refractivity contribution >= 4 is 39.7 Å². The van der Waals surface area contributed by atoms with Crippen LogP contribution in [0.15, 0.2) is 11.6 Å². The first-order valence-electron chi connectivity index (χ1n) is 23.9. The Morgan fingerprint density at radius 1 is 0.800 bits per heavy atom. The molecule has 3 saturated carbocycles. The maximum atomic E-state index is 13.9. The van der Waals surface area contributed by atoms with Gasteiger partial charge in [0, 0.05) is 41.6 Å². The summed E-state index contributed by atoms with van der Waals surface area (Å²) in [6.07, 6.45) is 18.3. The molecule has 60 heavy (non-hydrogen) atoms. The zero-order valence-corrected chi connectivity index (χ0v) is 42.6. The van der Waals surface area contributed by atoms with Crippen LogP contribution in [0.2, 0.25) is 0 Å². The molecule has 0 heterocycles. The van der Waals surface area contributed by atoms with Crippen LogP contribution in [0.4, 0.5) is 9.59 Å². The molecule has 0 aromatic rings. The second kappa shape index (κ2) is 20.5. The van der Waals surface area contributed by atoms with Crippen LogP contribution >= 0.6 is 21.6 Å². The number of nitrogens with zero attached hydrogens (tertiary/aromatic N) is 1. The smallest absolute Gasteiger partial charge is 0.408 e. The summed E-state index contributed by atoms with van der Waals surface area (Å²) >= 11 is 0. The Bertz CT molecular complexity index is 1440. The Balaban J connectivity index is 1.31. The van der Waals surface area contributed by atoms with Gasteiger partial charge in [0.25, 0.3) is 0 Å². The number of amides is 3. The highest BCUT2D eigenvalue weighted by Gasteiger charge is 2.59. The molecule has 4 aliphatic rings. The van der Waals surface area contributed by atoms with Crippen molar-refractivity contribution in [3.05, 3.63) is 11.6 Å². The Kier molecular flexibility index (Phi) is 17.5. The van der Waals surface area contributed by atoms with Gasteiger partial charge in [-0.3, -0.25) is 4.79 Å². The van der Waals surface area contributed by atoms with Gasteiger partial charge in [0.1, 0.15) is 11.2 Å². The van der Waals surface area contributed by atoms with Crippen molar-refractivity contribution in [1.29, 1.82) is 0 Å². The maximum Gasteiger partial charge on any atom is 0.408 e. The second-order valence-electron chi connectivity index (χ2n) is 23.7. The van der Waals surface area contributed by atoms with Crippen LogP contribution in [-0.2, 0) is 14.3 Å². The number of rotatable bonds is 18. The van der Waals surface area contributed by atoms with E-state index in [-0.39, 0.29) is 5.91 Å². The molecule has 10 heteroatoms. The van der Waals surface area contributed by atoms with E-state index in [1.165, 1.54) is 70.6 Å². The molecule has 8 nitrogen and oxygen atoms in total. The first-order chi connectivity index (χ1) is 27.6. The quantitative estimate of drug-likeness (QED) is 0.0804. The average Bonchev–Trinajstić information content (AvgIpc) is 3.45. The minimum atomic E-state index is -0.596. The lowest BCUT2D eigenvalue weighted by Crippen LogP contribution is -2.50. The first-order valence-corrected chi connectivity index (χ1v) is 26.3. The lowest BCUT2D eigenvalue weighted by molar-refractivity contribution is -0.131. The van der Waals surface area contributed by atoms with E-state index >= 15 is 0 Å². The van der Waals surface area contributed by atoms with E-state index < -0.39 is 34.5 Å². The van der Waals surface area contributed by atoms with Gasteiger partial charge in [0.15, 0.2) is 0 Å². The molecule has 3 fully saturated rings. The van der Waals surface area contributed by atoms with Gasteiger partial charge >= 0.3 is 12.2 Å². The van der Waals surface area contributed by atoms with Gasteiger partial charge in [-0.1, -0.05) is 87.1 Å². The van der Waals surface area contributed by atoms with E-state index in [0.29, 0.717) is 48.4 Å². The van der Waals surface area contributed by atoms with Crippen LogP contribution in [0.1, 0.15) is 194 Å². The minimum Gasteiger partial charge on any atom is -0.444 e. The van der Waals surface area contributed by atoms with Crippen molar-refractivity contribution in [2.45, 2.75) is 221 Å². The van der Waals surface area contributed by atoms with Gasteiger partial charge in [-0.15, -0.1) is 0 Å². The largest absolute Gasteiger partial charge is 0.444 e. The van der Waals surface area contributed by atoms with Gasteiger partial charge < -0.3 is 25.0 Å². The number of nitrogens with one attached hydrogen (secondary N) is 2. The number of alkyl carbamates (subject to hydrolysis) is 2. The van der Waals surface area contributed by atoms with E-state index in [1.807, 2.05) is 95.7 Å². The molecule has 0 radical (unpaired) electrons. The fourth-order valence-electron chi connectivity index (χ4n) is 11.6. The number of carbonyl (C=O) groups is 3. The SMILES string of the molecule is CC(C)CCC[C@@H](C)[C@H]1CC[C@H]2[C@@H]3CC=C4C[C@@H](SSCCC(=O)N(CCC(C)(C)NC(=O)OC(C)(C)C)CCC(C)(C)NC(=O)OC(C)(C)C)CC[C@]4(C)[C@H]3CC[C@]12C. The van der Waals surface area contributed by atoms with Gasteiger partial charge in [0.2, 0.25) is 5.91 Å². The van der Waals surface area contributed by atoms with Gasteiger partial charge in [-0.2, -0.15) is 0 Å². The Morgan fingerprint density at radius 2 is 1.38 bits per heavy atom. The van der Waals surface area contributed by atoms with E-state index in [0.717, 1.165) is 41.3 Å². The predicted octanol–water partition coefficient (Wildman–Crippen LogP) is 13.4. The minimum absolute atomic E-state index is 0.102. The van der Waals surface area contributed by atoms with E-state index in [9.17, 15) is 14.4 Å². The van der Waals surface area contributed by atoms with Crippen LogP contribution in [0, 0.1) is 46.3 Å². The third-order valence-electron chi connectivity index (χ3n) is 14.9. The molecule has 4 aliphatic carbocycles. The molecule has 346 valence electrons. The highest BCUT2D eigenvalue weighted by molar-refractivity contribution is 8.76. The summed E-state index contributed by atoms with van der Waals surface area (Å²) in [5.74, 6) is 6.01. The third kappa shape index (κ3) is 14.5. The number of allylic oxidation sites excluding steroid dienone is 2. The molecule has 0 saturated heterocycles. The Labute approximate surface area is 375 Å². The molecule has 3 amide bonds. The fourth-order valence-corrected chi connectivity index (χ4v) is 14.3. The highest BCUT2D eigenvalue weighted by Crippen LogP contribution is 2.67. The lowest BCUT2D eigenvalue weighted by Gasteiger charge is -2.58. The van der Waals surface area contributed by atoms with Crippen molar-refractivity contribution in [2.75, 3.05) is 18.8 Å². The summed E-state index contributed by atoms with van der Waals surface area (Å²) in [6.45, 7) is 32.6. The molecule has 0 spiro atoms. The van der Waals surface area contributed by atoms with Gasteiger partial charge in [-0.25, -0.2) is 9.59 Å². The van der Waals surface area contributed by atoms with Crippen molar-refractivity contribution in [3.63, 3.8) is 0 Å². The Morgan fingerprint density at radius 3 is 1.93 bits per heavy atom. The van der Waals surface area contributed by atoms with Crippen LogP contribution in [0.25, 0.3) is 0 Å². The van der Waals surface area contributed by atoms with E-state index in [4.69, 9.17) is 9.47 Å². The van der Waals surface area contributed by atoms with E-state index in [2.05, 4.69) is 51.3 Å². The van der Waals surface area contributed by atoms with Crippen molar-refractivity contribution in [2.24, 2.45) is 46.3 Å². The topological polar surface area (TPSA) is 97.0 Å². The molecule has 4 rings (SSSR count). The predicted molar refractivity (Wildman–Crippen MR) is 254 cm³/mol. The van der Waals surface area contributed by atoms with Gasteiger partial charge in [0.05, 0.1) is 0 Å². The molecular weight excluding hydrogens is 787 g/mol. The molecule has 0 aromatic heterocycles. The molecule has 0 unspecified atom stereocenters. The third-order valence-corrected chi connectivity index (χ3v) is 17.8. The fraction of sp³-hybridized carbons (Fsp3) is 0.900. The maximum absolute atomic E-state index is 13.9. The zero-order chi connectivity index (χ0) is 44.9. The number of fused-ring (bicyclic) bond motifs is 5. The summed E-state index contributed by atoms with van der Waals surface area (Å²) in [7, 11) is 3.86. The number of hydrogen-bond acceptors (Lipinski definition) is 7. The van der Waals surface area contributed by atoms with Crippen LogP contribution < -0.4 is 10.6 Å². The summed E-state index contributed by atoms with van der Waals surface area (Å²) < 4.78 is 11.0. The van der Waals surface area contributed by atoms with Crippen molar-refractivity contribution in [1.82, 2.24) is 15.5 Å². The molecule has 8 atom stereocenters.